The molecule has 4 rings (SSSR count). The number of carbonyl (C=O) groups is 6. The molecule has 51 heavy (non-hydrogen) atoms. The molecule has 2 aromatic rings. The molecule has 0 spiro atoms. The predicted molar refractivity (Wildman–Crippen MR) is 186 cm³/mol. The number of nitrogens with zero attached hydrogens (tertiary/aromatic N) is 2. The van der Waals surface area contributed by atoms with E-state index in [1.165, 1.54) is 4.90 Å². The van der Waals surface area contributed by atoms with Gasteiger partial charge in [-0.2, -0.15) is 5.26 Å². The Morgan fingerprint density at radius 3 is 2.45 bits per heavy atom. The first-order valence-corrected chi connectivity index (χ1v) is 17.2. The van der Waals surface area contributed by atoms with Crippen molar-refractivity contribution >= 4 is 41.3 Å². The Bertz CT molecular complexity index is 1660. The van der Waals surface area contributed by atoms with Crippen molar-refractivity contribution in [1.29, 1.82) is 5.26 Å². The monoisotopic (exact) mass is 702 g/mol. The fraction of sp³-hybridized carbons (Fsp3) is 0.486. The summed E-state index contributed by atoms with van der Waals surface area (Å²) in [6, 6.07) is 9.61. The second-order valence-corrected chi connectivity index (χ2v) is 13.2. The minimum Gasteiger partial charge on any atom is -0.481 e. The normalized spacial score (nSPS) is 17.8. The van der Waals surface area contributed by atoms with Crippen LogP contribution in [0.4, 0.5) is 5.69 Å². The van der Waals surface area contributed by atoms with E-state index in [2.05, 4.69) is 21.3 Å². The van der Waals surface area contributed by atoms with Gasteiger partial charge >= 0.3 is 11.9 Å². The van der Waals surface area contributed by atoms with E-state index in [0.717, 1.165) is 22.4 Å². The highest BCUT2D eigenvalue weighted by Gasteiger charge is 2.41. The van der Waals surface area contributed by atoms with Crippen LogP contribution in [0.25, 0.3) is 0 Å². The lowest BCUT2D eigenvalue weighted by Gasteiger charge is -2.39. The Kier molecular flexibility index (Phi) is 13.1. The second-order valence-electron chi connectivity index (χ2n) is 13.2. The van der Waals surface area contributed by atoms with Crippen molar-refractivity contribution in [2.45, 2.75) is 96.4 Å². The maximum atomic E-state index is 14.4. The molecule has 2 heterocycles. The van der Waals surface area contributed by atoms with Crippen molar-refractivity contribution in [2.24, 2.45) is 5.92 Å². The zero-order valence-corrected chi connectivity index (χ0v) is 29.4. The molecule has 0 radical (unpaired) electrons. The largest absolute Gasteiger partial charge is 0.481 e. The van der Waals surface area contributed by atoms with E-state index in [-0.39, 0.29) is 38.8 Å². The van der Waals surface area contributed by atoms with Crippen molar-refractivity contribution in [2.75, 3.05) is 18.5 Å². The average molecular weight is 703 g/mol. The van der Waals surface area contributed by atoms with Gasteiger partial charge in [-0.1, -0.05) is 55.8 Å². The summed E-state index contributed by atoms with van der Waals surface area (Å²) < 4.78 is 4.94. The van der Waals surface area contributed by atoms with Gasteiger partial charge in [0.05, 0.1) is 19.1 Å². The number of benzene rings is 2. The van der Waals surface area contributed by atoms with Crippen LogP contribution < -0.4 is 21.3 Å². The Labute approximate surface area is 297 Å². The first-order chi connectivity index (χ1) is 24.3. The number of para-hydroxylation sites is 1. The summed E-state index contributed by atoms with van der Waals surface area (Å²) in [5.41, 5.74) is 4.14. The maximum absolute atomic E-state index is 14.4. The van der Waals surface area contributed by atoms with Gasteiger partial charge in [0.15, 0.2) is 0 Å². The van der Waals surface area contributed by atoms with Gasteiger partial charge in [-0.05, 0) is 61.8 Å². The van der Waals surface area contributed by atoms with Crippen LogP contribution >= 0.6 is 0 Å². The first-order valence-electron chi connectivity index (χ1n) is 17.2. The number of nitrogens with one attached hydrogen (secondary N) is 4. The Morgan fingerprint density at radius 1 is 1.04 bits per heavy atom. The number of anilines is 1. The van der Waals surface area contributed by atoms with Gasteiger partial charge in [0.2, 0.25) is 23.6 Å². The van der Waals surface area contributed by atoms with Crippen molar-refractivity contribution < 1.29 is 38.6 Å². The third kappa shape index (κ3) is 9.84. The summed E-state index contributed by atoms with van der Waals surface area (Å²) in [4.78, 5) is 80.3. The highest BCUT2D eigenvalue weighted by Crippen LogP contribution is 2.32. The highest BCUT2D eigenvalue weighted by molar-refractivity contribution is 5.96. The van der Waals surface area contributed by atoms with E-state index >= 15 is 0 Å². The molecule has 2 aromatic carbocycles. The van der Waals surface area contributed by atoms with Crippen LogP contribution in [0, 0.1) is 24.2 Å². The maximum Gasteiger partial charge on any atom is 0.308 e. The molecule has 0 bridgehead atoms. The molecule has 5 N–H and O–H groups in total. The molecule has 0 saturated carbocycles. The molecule has 272 valence electrons. The topological polar surface area (TPSA) is 207 Å². The van der Waals surface area contributed by atoms with Gasteiger partial charge in [-0.15, -0.1) is 0 Å². The number of aryl methyl sites for hydroxylation is 1. The summed E-state index contributed by atoms with van der Waals surface area (Å²) in [7, 11) is 0. The second kappa shape index (κ2) is 17.5. The third-order valence-electron chi connectivity index (χ3n) is 9.04. The van der Waals surface area contributed by atoms with Crippen molar-refractivity contribution in [3.8, 4) is 6.07 Å². The summed E-state index contributed by atoms with van der Waals surface area (Å²) in [5.74, 6) is -4.48. The van der Waals surface area contributed by atoms with Gasteiger partial charge in [0.25, 0.3) is 0 Å². The fourth-order valence-corrected chi connectivity index (χ4v) is 6.44. The van der Waals surface area contributed by atoms with Gasteiger partial charge in [0.1, 0.15) is 30.2 Å². The molecule has 14 heteroatoms. The number of nitriles is 1. The number of carbonyl (C=O) groups excluding carboxylic acids is 5. The molecule has 4 amide bonds. The molecular formula is C37H46N6O8. The third-order valence-corrected chi connectivity index (χ3v) is 9.04. The number of carboxylic acids is 1. The standard InChI is InChI=1S/C37H46N6O8/c1-5-51-31(46)19-25(20-38)39-36(49)33-26-14-13-22(4)17-23(26)15-16-43(33)37(50)32(21(2)3)42-34(47)28(11-8-12-30(44)45)41-35(48)29-18-24-9-6-7-10-27(24)40-29/h6-7,9-10,13-14,17,21,25,28-29,32-33,40H,5,8,11-12,15-16,18-19H2,1-4H3,(H,39,49)(H,41,48)(H,42,47)(H,44,45)/t25-,28-,29?,32?,33-/m0/s1. The van der Waals surface area contributed by atoms with Crippen LogP contribution in [0.5, 0.6) is 0 Å². The summed E-state index contributed by atoms with van der Waals surface area (Å²) in [6.07, 6.45) is 0.357. The minimum atomic E-state index is -1.21. The van der Waals surface area contributed by atoms with Crippen LogP contribution in [0.2, 0.25) is 0 Å². The number of hydrogen-bond donors (Lipinski definition) is 5. The quantitative estimate of drug-likeness (QED) is 0.171. The number of aliphatic carboxylic acids is 1. The van der Waals surface area contributed by atoms with E-state index in [0.29, 0.717) is 18.4 Å². The van der Waals surface area contributed by atoms with Crippen LogP contribution in [-0.4, -0.2) is 82.9 Å². The first kappa shape index (κ1) is 38.4. The van der Waals surface area contributed by atoms with Crippen LogP contribution in [0.3, 0.4) is 0 Å². The molecular weight excluding hydrogens is 656 g/mol. The lowest BCUT2D eigenvalue weighted by molar-refractivity contribution is -0.146. The Hall–Kier alpha value is -5.45. The molecule has 0 aliphatic carbocycles. The fourth-order valence-electron chi connectivity index (χ4n) is 6.44. The lowest BCUT2D eigenvalue weighted by Crippen LogP contribution is -2.59. The van der Waals surface area contributed by atoms with Gasteiger partial charge < -0.3 is 36.0 Å². The van der Waals surface area contributed by atoms with Gasteiger partial charge in [0, 0.05) is 25.1 Å². The van der Waals surface area contributed by atoms with Crippen LogP contribution in [-0.2, 0) is 46.3 Å². The zero-order valence-electron chi connectivity index (χ0n) is 29.4. The van der Waals surface area contributed by atoms with E-state index in [9.17, 15) is 39.1 Å². The van der Waals surface area contributed by atoms with E-state index in [1.54, 1.807) is 26.8 Å². The molecule has 0 fully saturated rings. The Balaban J connectivity index is 1.56. The molecule has 0 aromatic heterocycles. The minimum absolute atomic E-state index is 0.0139. The van der Waals surface area contributed by atoms with Gasteiger partial charge in [-0.25, -0.2) is 0 Å². The average Bonchev–Trinajstić information content (AvgIpc) is 3.53. The molecule has 2 aliphatic rings. The lowest BCUT2D eigenvalue weighted by atomic mass is 9.89. The molecule has 14 nitrogen and oxygen atoms in total. The number of fused-ring (bicyclic) bond motifs is 2. The molecule has 5 atom stereocenters. The Morgan fingerprint density at radius 2 is 1.78 bits per heavy atom. The van der Waals surface area contributed by atoms with Crippen molar-refractivity contribution in [3.63, 3.8) is 0 Å². The van der Waals surface area contributed by atoms with E-state index in [1.807, 2.05) is 49.4 Å². The summed E-state index contributed by atoms with van der Waals surface area (Å²) >= 11 is 0. The van der Waals surface area contributed by atoms with Gasteiger partial charge in [-0.3, -0.25) is 28.8 Å². The number of esters is 1. The van der Waals surface area contributed by atoms with E-state index < -0.39 is 71.7 Å². The van der Waals surface area contributed by atoms with E-state index in [4.69, 9.17) is 4.74 Å². The molecule has 0 saturated heterocycles. The van der Waals surface area contributed by atoms with Crippen LogP contribution in [0.1, 0.15) is 74.8 Å². The van der Waals surface area contributed by atoms with Crippen LogP contribution in [0.15, 0.2) is 42.5 Å². The highest BCUT2D eigenvalue weighted by atomic mass is 16.5. The summed E-state index contributed by atoms with van der Waals surface area (Å²) in [6.45, 7) is 7.26. The SMILES string of the molecule is CCOC(=O)C[C@@H](C#N)NC(=O)[C@@H]1c2ccc(C)cc2CCN1C(=O)C(NC(=O)[C@H](CCCC(=O)O)NC(=O)C1Cc2ccccc2N1)C(C)C. The zero-order chi connectivity index (χ0) is 37.2. The smallest absolute Gasteiger partial charge is 0.308 e. The summed E-state index contributed by atoms with van der Waals surface area (Å²) in [5, 5.41) is 30.2. The number of ether oxygens (including phenoxy) is 1. The number of hydrogen-bond acceptors (Lipinski definition) is 9. The number of amides is 4. The number of rotatable bonds is 15. The predicted octanol–water partition coefficient (Wildman–Crippen LogP) is 2.30. The molecule has 2 unspecified atom stereocenters. The van der Waals surface area contributed by atoms with Crippen molar-refractivity contribution in [3.05, 3.63) is 64.7 Å². The van der Waals surface area contributed by atoms with Crippen molar-refractivity contribution in [1.82, 2.24) is 20.9 Å². The number of carboxylic acid groups (broad SMARTS) is 1. The molecule has 2 aliphatic heterocycles.